The monoisotopic (exact) mass is 356 g/mol. The van der Waals surface area contributed by atoms with Gasteiger partial charge in [0.25, 0.3) is 5.91 Å². The van der Waals surface area contributed by atoms with Crippen molar-refractivity contribution in [2.45, 2.75) is 0 Å². The third-order valence-electron chi connectivity index (χ3n) is 3.67. The zero-order valence-corrected chi connectivity index (χ0v) is 13.7. The number of ether oxygens (including phenoxy) is 2. The lowest BCUT2D eigenvalue weighted by Crippen LogP contribution is -2.16. The number of fused-ring (bicyclic) bond motifs is 1. The highest BCUT2D eigenvalue weighted by Gasteiger charge is 2.16. The molecular weight excluding hydrogens is 344 g/mol. The number of anilines is 1. The summed E-state index contributed by atoms with van der Waals surface area (Å²) in [4.78, 5) is 12.4. The summed E-state index contributed by atoms with van der Waals surface area (Å²) in [5, 5.41) is 7.21. The summed E-state index contributed by atoms with van der Waals surface area (Å²) < 4.78 is 16.2. The fourth-order valence-corrected chi connectivity index (χ4v) is 2.57. The molecular formula is C18H13ClN2O4. The Morgan fingerprint density at radius 1 is 1.00 bits per heavy atom. The SMILES string of the molecule is O=C(Nc1ccc2c(c1)OCCO2)c1cc(-c2ccc(Cl)cc2)on1. The Balaban J connectivity index is 1.51. The van der Waals surface area contributed by atoms with Crippen molar-refractivity contribution in [3.05, 3.63) is 59.2 Å². The highest BCUT2D eigenvalue weighted by molar-refractivity contribution is 6.30. The molecule has 0 saturated carbocycles. The van der Waals surface area contributed by atoms with Gasteiger partial charge in [0.05, 0.1) is 0 Å². The van der Waals surface area contributed by atoms with E-state index in [0.29, 0.717) is 41.2 Å². The van der Waals surface area contributed by atoms with Crippen LogP contribution < -0.4 is 14.8 Å². The van der Waals surface area contributed by atoms with E-state index in [-0.39, 0.29) is 11.6 Å². The molecule has 1 aromatic heterocycles. The number of hydrogen-bond donors (Lipinski definition) is 1. The molecule has 3 aromatic rings. The van der Waals surface area contributed by atoms with Crippen LogP contribution in [0, 0.1) is 0 Å². The molecule has 1 amide bonds. The normalized spacial score (nSPS) is 12.7. The zero-order chi connectivity index (χ0) is 17.2. The minimum absolute atomic E-state index is 0.180. The first-order valence-electron chi connectivity index (χ1n) is 7.63. The van der Waals surface area contributed by atoms with E-state index in [1.807, 2.05) is 0 Å². The number of halogens is 1. The second-order valence-electron chi connectivity index (χ2n) is 5.40. The van der Waals surface area contributed by atoms with Gasteiger partial charge in [-0.3, -0.25) is 4.79 Å². The van der Waals surface area contributed by atoms with Gasteiger partial charge in [0.15, 0.2) is 23.0 Å². The highest BCUT2D eigenvalue weighted by atomic mass is 35.5. The average Bonchev–Trinajstić information content (AvgIpc) is 3.12. The van der Waals surface area contributed by atoms with E-state index in [2.05, 4.69) is 10.5 Å². The van der Waals surface area contributed by atoms with E-state index in [4.69, 9.17) is 25.6 Å². The van der Waals surface area contributed by atoms with E-state index in [1.54, 1.807) is 48.5 Å². The van der Waals surface area contributed by atoms with Gasteiger partial charge >= 0.3 is 0 Å². The van der Waals surface area contributed by atoms with Crippen LogP contribution in [0.5, 0.6) is 11.5 Å². The lowest BCUT2D eigenvalue weighted by atomic mass is 10.1. The van der Waals surface area contributed by atoms with Crippen LogP contribution in [0.4, 0.5) is 5.69 Å². The van der Waals surface area contributed by atoms with Crippen LogP contribution in [0.1, 0.15) is 10.5 Å². The largest absolute Gasteiger partial charge is 0.486 e. The van der Waals surface area contributed by atoms with Crippen molar-refractivity contribution >= 4 is 23.2 Å². The van der Waals surface area contributed by atoms with Gasteiger partial charge < -0.3 is 19.3 Å². The minimum Gasteiger partial charge on any atom is -0.486 e. The standard InChI is InChI=1S/C18H13ClN2O4/c19-12-3-1-11(2-4-12)16-10-14(21-25-16)18(22)20-13-5-6-15-17(9-13)24-8-7-23-15/h1-6,9-10H,7-8H2,(H,20,22). The van der Waals surface area contributed by atoms with Crippen LogP contribution in [0.25, 0.3) is 11.3 Å². The molecule has 1 aliphatic rings. The Labute approximate surface area is 148 Å². The minimum atomic E-state index is -0.374. The second kappa shape index (κ2) is 6.49. The molecule has 4 rings (SSSR count). The maximum Gasteiger partial charge on any atom is 0.277 e. The molecule has 0 unspecified atom stereocenters. The summed E-state index contributed by atoms with van der Waals surface area (Å²) in [6, 6.07) is 13.9. The van der Waals surface area contributed by atoms with E-state index >= 15 is 0 Å². The molecule has 0 atom stereocenters. The predicted molar refractivity (Wildman–Crippen MR) is 92.3 cm³/mol. The fraction of sp³-hybridized carbons (Fsp3) is 0.111. The molecule has 6 nitrogen and oxygen atoms in total. The topological polar surface area (TPSA) is 73.6 Å². The summed E-state index contributed by atoms with van der Waals surface area (Å²) in [6.45, 7) is 1.00. The lowest BCUT2D eigenvalue weighted by molar-refractivity contribution is 0.101. The summed E-state index contributed by atoms with van der Waals surface area (Å²) in [5.74, 6) is 1.38. The summed E-state index contributed by atoms with van der Waals surface area (Å²) in [7, 11) is 0. The molecule has 126 valence electrons. The van der Waals surface area contributed by atoms with Gasteiger partial charge in [-0.05, 0) is 36.4 Å². The first kappa shape index (κ1) is 15.5. The van der Waals surface area contributed by atoms with Crippen LogP contribution >= 0.6 is 11.6 Å². The van der Waals surface area contributed by atoms with E-state index in [1.165, 1.54) is 0 Å². The number of amides is 1. The van der Waals surface area contributed by atoms with Gasteiger partial charge in [-0.2, -0.15) is 0 Å². The van der Waals surface area contributed by atoms with Gasteiger partial charge in [-0.1, -0.05) is 16.8 Å². The van der Waals surface area contributed by atoms with Crippen molar-refractivity contribution in [1.82, 2.24) is 5.16 Å². The number of aromatic nitrogens is 1. The fourth-order valence-electron chi connectivity index (χ4n) is 2.45. The third kappa shape index (κ3) is 3.29. The molecule has 0 fully saturated rings. The Bertz CT molecular complexity index is 921. The van der Waals surface area contributed by atoms with E-state index in [0.717, 1.165) is 5.56 Å². The molecule has 1 aliphatic heterocycles. The maximum atomic E-state index is 12.4. The first-order chi connectivity index (χ1) is 12.2. The van der Waals surface area contributed by atoms with E-state index < -0.39 is 0 Å². The number of nitrogens with zero attached hydrogens (tertiary/aromatic N) is 1. The molecule has 0 saturated heterocycles. The van der Waals surface area contributed by atoms with Gasteiger partial charge in [-0.25, -0.2) is 0 Å². The van der Waals surface area contributed by atoms with Crippen molar-refractivity contribution in [3.8, 4) is 22.8 Å². The smallest absolute Gasteiger partial charge is 0.277 e. The Morgan fingerprint density at radius 3 is 2.56 bits per heavy atom. The third-order valence-corrected chi connectivity index (χ3v) is 3.92. The van der Waals surface area contributed by atoms with Crippen molar-refractivity contribution in [2.75, 3.05) is 18.5 Å². The molecule has 0 spiro atoms. The Morgan fingerprint density at radius 2 is 1.76 bits per heavy atom. The Kier molecular flexibility index (Phi) is 4.03. The quantitative estimate of drug-likeness (QED) is 0.767. The molecule has 1 N–H and O–H groups in total. The van der Waals surface area contributed by atoms with Crippen LogP contribution in [0.2, 0.25) is 5.02 Å². The molecule has 0 aliphatic carbocycles. The second-order valence-corrected chi connectivity index (χ2v) is 5.83. The van der Waals surface area contributed by atoms with Gasteiger partial charge in [0.1, 0.15) is 13.2 Å². The predicted octanol–water partition coefficient (Wildman–Crippen LogP) is 4.02. The summed E-state index contributed by atoms with van der Waals surface area (Å²) >= 11 is 5.87. The van der Waals surface area contributed by atoms with Crippen molar-refractivity contribution in [2.24, 2.45) is 0 Å². The number of rotatable bonds is 3. The molecule has 7 heteroatoms. The number of carbonyl (C=O) groups excluding carboxylic acids is 1. The van der Waals surface area contributed by atoms with Crippen LogP contribution in [0.3, 0.4) is 0 Å². The molecule has 2 aromatic carbocycles. The highest BCUT2D eigenvalue weighted by Crippen LogP contribution is 2.32. The number of carbonyl (C=O) groups is 1. The van der Waals surface area contributed by atoms with Crippen LogP contribution in [0.15, 0.2) is 53.1 Å². The number of benzene rings is 2. The number of nitrogens with one attached hydrogen (secondary N) is 1. The van der Waals surface area contributed by atoms with Crippen molar-refractivity contribution in [3.63, 3.8) is 0 Å². The maximum absolute atomic E-state index is 12.4. The zero-order valence-electron chi connectivity index (χ0n) is 13.0. The van der Waals surface area contributed by atoms with Gasteiger partial charge in [-0.15, -0.1) is 0 Å². The van der Waals surface area contributed by atoms with E-state index in [9.17, 15) is 4.79 Å². The van der Waals surface area contributed by atoms with Crippen LogP contribution in [-0.2, 0) is 0 Å². The number of hydrogen-bond acceptors (Lipinski definition) is 5. The summed E-state index contributed by atoms with van der Waals surface area (Å²) in [5.41, 5.74) is 1.56. The van der Waals surface area contributed by atoms with Crippen LogP contribution in [-0.4, -0.2) is 24.3 Å². The summed E-state index contributed by atoms with van der Waals surface area (Å²) in [6.07, 6.45) is 0. The first-order valence-corrected chi connectivity index (χ1v) is 8.00. The molecule has 25 heavy (non-hydrogen) atoms. The molecule has 0 radical (unpaired) electrons. The average molecular weight is 357 g/mol. The van der Waals surface area contributed by atoms with Crippen molar-refractivity contribution in [1.29, 1.82) is 0 Å². The van der Waals surface area contributed by atoms with Gasteiger partial charge in [0, 0.05) is 28.4 Å². The lowest BCUT2D eigenvalue weighted by Gasteiger charge is -2.18. The molecule has 0 bridgehead atoms. The van der Waals surface area contributed by atoms with Crippen molar-refractivity contribution < 1.29 is 18.8 Å². The Hall–Kier alpha value is -2.99. The van der Waals surface area contributed by atoms with Gasteiger partial charge in [0.2, 0.25) is 0 Å². The molecule has 2 heterocycles.